The minimum absolute atomic E-state index is 0.0287. The average molecular weight is 584 g/mol. The van der Waals surface area contributed by atoms with Crippen molar-refractivity contribution in [3.05, 3.63) is 75.9 Å². The van der Waals surface area contributed by atoms with Crippen molar-refractivity contribution in [1.82, 2.24) is 14.7 Å². The first-order valence-corrected chi connectivity index (χ1v) is 12.7. The van der Waals surface area contributed by atoms with Gasteiger partial charge in [0.2, 0.25) is 5.11 Å². The predicted octanol–water partition coefficient (Wildman–Crippen LogP) is 3.18. The molecule has 2 aliphatic rings. The lowest BCUT2D eigenvalue weighted by molar-refractivity contribution is -0.122. The van der Waals surface area contributed by atoms with E-state index in [1.54, 1.807) is 30.3 Å². The summed E-state index contributed by atoms with van der Waals surface area (Å²) < 4.78 is 27.7. The third-order valence-corrected chi connectivity index (χ3v) is 7.99. The molecule has 2 aromatic rings. The zero-order valence-corrected chi connectivity index (χ0v) is 21.2. The molecule has 0 atom stereocenters. The zero-order chi connectivity index (χ0) is 24.8. The third kappa shape index (κ3) is 4.06. The van der Waals surface area contributed by atoms with Crippen LogP contribution in [0.5, 0.6) is 0 Å². The van der Waals surface area contributed by atoms with Crippen LogP contribution >= 0.6 is 39.7 Å². The molecular weight excluding hydrogens is 568 g/mol. The van der Waals surface area contributed by atoms with E-state index in [9.17, 15) is 23.1 Å². The number of amides is 2. The van der Waals surface area contributed by atoms with Crippen molar-refractivity contribution in [2.24, 2.45) is 0 Å². The van der Waals surface area contributed by atoms with Crippen molar-refractivity contribution in [2.75, 3.05) is 18.0 Å². The second-order valence-corrected chi connectivity index (χ2v) is 10.7. The lowest BCUT2D eigenvalue weighted by Gasteiger charge is -2.32. The van der Waals surface area contributed by atoms with Crippen molar-refractivity contribution >= 4 is 78.1 Å². The molecular formula is C21H16BrClN4O5S2. The molecule has 0 aromatic heterocycles. The second kappa shape index (κ2) is 9.02. The minimum atomic E-state index is -4.20. The Balaban J connectivity index is 1.69. The summed E-state index contributed by atoms with van der Waals surface area (Å²) in [5, 5.41) is 12.4. The van der Waals surface area contributed by atoms with Crippen molar-refractivity contribution in [3.63, 3.8) is 0 Å². The van der Waals surface area contributed by atoms with Crippen LogP contribution in [-0.4, -0.2) is 52.9 Å². The van der Waals surface area contributed by atoms with Gasteiger partial charge in [0.1, 0.15) is 6.54 Å². The number of sulfonamides is 1. The fraction of sp³-hybridized carbons (Fsp3) is 0.0952. The van der Waals surface area contributed by atoms with Gasteiger partial charge in [0, 0.05) is 15.1 Å². The number of carbonyl (C=O) groups excluding carboxylic acids is 2. The molecule has 0 radical (unpaired) electrons. The monoisotopic (exact) mass is 582 g/mol. The van der Waals surface area contributed by atoms with Gasteiger partial charge in [0.25, 0.3) is 21.8 Å². The van der Waals surface area contributed by atoms with Crippen LogP contribution in [0.4, 0.5) is 5.69 Å². The first kappa shape index (κ1) is 24.2. The summed E-state index contributed by atoms with van der Waals surface area (Å²) in [4.78, 5) is 26.9. The van der Waals surface area contributed by atoms with Gasteiger partial charge in [-0.25, -0.2) is 8.42 Å². The largest absolute Gasteiger partial charge is 0.505 e. The number of nitrogens with one attached hydrogen (secondary N) is 1. The molecule has 1 fully saturated rings. The Morgan fingerprint density at radius 1 is 1.26 bits per heavy atom. The first-order chi connectivity index (χ1) is 16.1. The second-order valence-electron chi connectivity index (χ2n) is 7.18. The lowest BCUT2D eigenvalue weighted by atomic mass is 10.1. The van der Waals surface area contributed by atoms with E-state index in [4.69, 9.17) is 23.8 Å². The summed E-state index contributed by atoms with van der Waals surface area (Å²) in [5.74, 6) is -1.92. The maximum absolute atomic E-state index is 13.2. The maximum Gasteiger partial charge on any atom is 0.291 e. The highest BCUT2D eigenvalue weighted by atomic mass is 79.9. The highest BCUT2D eigenvalue weighted by Crippen LogP contribution is 2.37. The fourth-order valence-corrected chi connectivity index (χ4v) is 6.15. The van der Waals surface area contributed by atoms with Gasteiger partial charge in [-0.2, -0.15) is 0 Å². The summed E-state index contributed by atoms with van der Waals surface area (Å²) in [5.41, 5.74) is 2.34. The SMILES string of the molecule is C=CCN1C(C(=O)NN2CC(=O)N(c3ccc(Cl)cc3)C2=S)=C(O)c2ccc(Br)cc2S1(=O)=O. The number of nitrogens with zero attached hydrogens (tertiary/aromatic N) is 3. The van der Waals surface area contributed by atoms with Crippen molar-refractivity contribution in [3.8, 4) is 0 Å². The first-order valence-electron chi connectivity index (χ1n) is 9.64. The molecule has 2 amide bonds. The highest BCUT2D eigenvalue weighted by Gasteiger charge is 2.42. The van der Waals surface area contributed by atoms with Gasteiger partial charge >= 0.3 is 0 Å². The van der Waals surface area contributed by atoms with Crippen LogP contribution in [0, 0.1) is 0 Å². The van der Waals surface area contributed by atoms with Gasteiger partial charge in [-0.1, -0.05) is 33.6 Å². The Hall–Kier alpha value is -2.93. The molecule has 0 spiro atoms. The molecule has 2 aromatic carbocycles. The smallest absolute Gasteiger partial charge is 0.291 e. The molecule has 2 N–H and O–H groups in total. The summed E-state index contributed by atoms with van der Waals surface area (Å²) in [6.45, 7) is 2.98. The number of thiocarbonyl (C=S) groups is 1. The van der Waals surface area contributed by atoms with E-state index in [0.29, 0.717) is 15.2 Å². The number of aliphatic hydroxyl groups excluding tert-OH is 1. The van der Waals surface area contributed by atoms with Crippen LogP contribution < -0.4 is 10.3 Å². The molecule has 0 unspecified atom stereocenters. The van der Waals surface area contributed by atoms with Crippen LogP contribution in [-0.2, 0) is 19.6 Å². The summed E-state index contributed by atoms with van der Waals surface area (Å²) in [6.07, 6.45) is 1.29. The Labute approximate surface area is 214 Å². The van der Waals surface area contributed by atoms with Gasteiger partial charge in [0.15, 0.2) is 11.5 Å². The molecule has 9 nitrogen and oxygen atoms in total. The number of anilines is 1. The van der Waals surface area contributed by atoms with E-state index in [2.05, 4.69) is 27.9 Å². The third-order valence-electron chi connectivity index (χ3n) is 5.04. The van der Waals surface area contributed by atoms with Gasteiger partial charge in [-0.3, -0.25) is 29.2 Å². The van der Waals surface area contributed by atoms with Crippen LogP contribution in [0.3, 0.4) is 0 Å². The highest BCUT2D eigenvalue weighted by molar-refractivity contribution is 9.10. The predicted molar refractivity (Wildman–Crippen MR) is 134 cm³/mol. The number of aliphatic hydroxyl groups is 1. The van der Waals surface area contributed by atoms with E-state index in [0.717, 1.165) is 9.31 Å². The van der Waals surface area contributed by atoms with Crippen LogP contribution in [0.2, 0.25) is 5.02 Å². The molecule has 13 heteroatoms. The van der Waals surface area contributed by atoms with Crippen molar-refractivity contribution < 1.29 is 23.1 Å². The molecule has 1 saturated heterocycles. The molecule has 34 heavy (non-hydrogen) atoms. The van der Waals surface area contributed by atoms with Gasteiger partial charge in [-0.05, 0) is 54.7 Å². The molecule has 4 rings (SSSR count). The van der Waals surface area contributed by atoms with E-state index < -0.39 is 33.3 Å². The minimum Gasteiger partial charge on any atom is -0.505 e. The van der Waals surface area contributed by atoms with Crippen LogP contribution in [0.15, 0.2) is 70.2 Å². The Morgan fingerprint density at radius 3 is 2.59 bits per heavy atom. The molecule has 176 valence electrons. The number of hydrazine groups is 1. The maximum atomic E-state index is 13.2. The standard InChI is InChI=1S/C21H16BrClN4O5S2/c1-2-9-26-18(19(29)15-8-3-12(22)10-16(15)34(26,31)32)20(30)24-25-11-17(28)27(21(25)33)14-6-4-13(23)5-7-14/h2-8,10,29H,1,9,11H2,(H,24,30). The number of carbonyl (C=O) groups is 2. The van der Waals surface area contributed by atoms with E-state index in [1.165, 1.54) is 23.1 Å². The molecule has 0 aliphatic carbocycles. The van der Waals surface area contributed by atoms with E-state index >= 15 is 0 Å². The molecule has 2 heterocycles. The zero-order valence-electron chi connectivity index (χ0n) is 17.2. The summed E-state index contributed by atoms with van der Waals surface area (Å²) >= 11 is 14.5. The van der Waals surface area contributed by atoms with Crippen LogP contribution in [0.25, 0.3) is 5.76 Å². The van der Waals surface area contributed by atoms with Gasteiger partial charge < -0.3 is 5.11 Å². The molecule has 0 bridgehead atoms. The summed E-state index contributed by atoms with van der Waals surface area (Å²) in [6, 6.07) is 10.6. The Morgan fingerprint density at radius 2 is 1.94 bits per heavy atom. The van der Waals surface area contributed by atoms with Gasteiger partial charge in [-0.15, -0.1) is 6.58 Å². The normalized spacial score (nSPS) is 17.2. The van der Waals surface area contributed by atoms with E-state index in [-0.39, 0.29) is 28.7 Å². The number of benzene rings is 2. The topological polar surface area (TPSA) is 110 Å². The summed E-state index contributed by atoms with van der Waals surface area (Å²) in [7, 11) is -4.20. The molecule has 0 saturated carbocycles. The fourth-order valence-electron chi connectivity index (χ4n) is 3.53. The lowest BCUT2D eigenvalue weighted by Crippen LogP contribution is -2.49. The number of halogens is 2. The van der Waals surface area contributed by atoms with Gasteiger partial charge in [0.05, 0.1) is 17.1 Å². The van der Waals surface area contributed by atoms with Crippen molar-refractivity contribution in [2.45, 2.75) is 4.90 Å². The Bertz CT molecular complexity index is 1380. The number of fused-ring (bicyclic) bond motifs is 1. The van der Waals surface area contributed by atoms with E-state index in [1.807, 2.05) is 0 Å². The number of rotatable bonds is 5. The number of hydrogen-bond acceptors (Lipinski definition) is 6. The Kier molecular flexibility index (Phi) is 6.42. The van der Waals surface area contributed by atoms with Crippen LogP contribution in [0.1, 0.15) is 5.56 Å². The number of hydrogen-bond donors (Lipinski definition) is 2. The molecule has 2 aliphatic heterocycles. The van der Waals surface area contributed by atoms with Crippen molar-refractivity contribution in [1.29, 1.82) is 0 Å². The quantitative estimate of drug-likeness (QED) is 0.411. The average Bonchev–Trinajstić information content (AvgIpc) is 3.05.